The molecule has 0 aliphatic carbocycles. The number of nitrogens with one attached hydrogen (secondary N) is 1. The van der Waals surface area contributed by atoms with Crippen LogP contribution in [0.5, 0.6) is 0 Å². The highest BCUT2D eigenvalue weighted by Gasteiger charge is 2.27. The Hall–Kier alpha value is -1.38. The molecule has 0 saturated carbocycles. The van der Waals surface area contributed by atoms with Gasteiger partial charge in [0.15, 0.2) is 6.04 Å². The lowest BCUT2D eigenvalue weighted by Crippen LogP contribution is -2.38. The number of hydrogen-bond donors (Lipinski definition) is 2. The normalized spacial score (nSPS) is 12.7. The maximum absolute atomic E-state index is 13.8. The van der Waals surface area contributed by atoms with E-state index < -0.39 is 29.5 Å². The van der Waals surface area contributed by atoms with Crippen molar-refractivity contribution in [1.29, 1.82) is 0 Å². The van der Waals surface area contributed by atoms with E-state index in [1.54, 1.807) is 26.8 Å². The molecule has 1 unspecified atom stereocenters. The molecule has 0 fully saturated rings. The van der Waals surface area contributed by atoms with Gasteiger partial charge < -0.3 is 15.2 Å². The fourth-order valence-electron chi connectivity index (χ4n) is 1.43. The van der Waals surface area contributed by atoms with Gasteiger partial charge in [-0.1, -0.05) is 6.07 Å². The van der Waals surface area contributed by atoms with Crippen LogP contribution in [0.15, 0.2) is 18.2 Å². The molecule has 0 aliphatic heterocycles. The van der Waals surface area contributed by atoms with E-state index in [-0.39, 0.29) is 5.56 Å². The molecule has 0 aromatic heterocycles. The van der Waals surface area contributed by atoms with E-state index in [2.05, 4.69) is 5.32 Å². The van der Waals surface area contributed by atoms with Crippen molar-refractivity contribution in [1.82, 2.24) is 5.32 Å². The van der Waals surface area contributed by atoms with Crippen LogP contribution in [-0.2, 0) is 9.53 Å². The van der Waals surface area contributed by atoms with Crippen LogP contribution < -0.4 is 5.32 Å². The molecule has 1 rings (SSSR count). The minimum atomic E-state index is -1.50. The number of benzene rings is 1. The van der Waals surface area contributed by atoms with Crippen molar-refractivity contribution < 1.29 is 23.8 Å². The first-order chi connectivity index (χ1) is 9.10. The van der Waals surface area contributed by atoms with Crippen LogP contribution in [0.1, 0.15) is 32.4 Å². The van der Waals surface area contributed by atoms with Crippen molar-refractivity contribution >= 4 is 34.7 Å². The number of carboxylic acids is 1. The van der Waals surface area contributed by atoms with Crippen molar-refractivity contribution in [2.24, 2.45) is 0 Å². The molecular weight excluding hydrogens is 380 g/mol. The molecule has 0 radical (unpaired) electrons. The summed E-state index contributed by atoms with van der Waals surface area (Å²) in [5.74, 6) is -2.06. The zero-order valence-corrected chi connectivity index (χ0v) is 13.4. The zero-order valence-electron chi connectivity index (χ0n) is 11.2. The fraction of sp³-hybridized carbons (Fsp3) is 0.385. The third-order valence-electron chi connectivity index (χ3n) is 2.18. The van der Waals surface area contributed by atoms with E-state index in [0.717, 1.165) is 0 Å². The largest absolute Gasteiger partial charge is 0.479 e. The summed E-state index contributed by atoms with van der Waals surface area (Å²) in [5, 5.41) is 11.3. The van der Waals surface area contributed by atoms with Crippen molar-refractivity contribution in [2.45, 2.75) is 32.4 Å². The van der Waals surface area contributed by atoms with E-state index in [4.69, 9.17) is 9.84 Å². The van der Waals surface area contributed by atoms with Crippen LogP contribution in [0.3, 0.4) is 0 Å². The summed E-state index contributed by atoms with van der Waals surface area (Å²) in [7, 11) is 0. The lowest BCUT2D eigenvalue weighted by Gasteiger charge is -2.22. The van der Waals surface area contributed by atoms with Crippen LogP contribution in [0.2, 0.25) is 0 Å². The van der Waals surface area contributed by atoms with Gasteiger partial charge in [0.25, 0.3) is 0 Å². The highest BCUT2D eigenvalue weighted by molar-refractivity contribution is 14.1. The number of rotatable bonds is 3. The molecule has 0 saturated heterocycles. The van der Waals surface area contributed by atoms with Crippen molar-refractivity contribution in [3.63, 3.8) is 0 Å². The lowest BCUT2D eigenvalue weighted by molar-refractivity contribution is -0.139. The van der Waals surface area contributed by atoms with Gasteiger partial charge in [0.1, 0.15) is 11.4 Å². The molecule has 0 spiro atoms. The summed E-state index contributed by atoms with van der Waals surface area (Å²) in [5.41, 5.74) is -0.888. The molecule has 0 heterocycles. The minimum Gasteiger partial charge on any atom is -0.479 e. The molecule has 0 aliphatic rings. The first kappa shape index (κ1) is 16.7. The van der Waals surface area contributed by atoms with Crippen LogP contribution in [0.4, 0.5) is 9.18 Å². The molecule has 2 N–H and O–H groups in total. The first-order valence-electron chi connectivity index (χ1n) is 5.77. The number of alkyl carbamates (subject to hydrolysis) is 1. The number of amides is 1. The minimum absolute atomic E-state index is 0.122. The van der Waals surface area contributed by atoms with Crippen molar-refractivity contribution in [3.8, 4) is 0 Å². The topological polar surface area (TPSA) is 75.6 Å². The molecule has 0 bridgehead atoms. The second kappa shape index (κ2) is 6.38. The van der Waals surface area contributed by atoms with Crippen molar-refractivity contribution in [2.75, 3.05) is 0 Å². The average Bonchev–Trinajstić information content (AvgIpc) is 2.23. The third-order valence-corrected chi connectivity index (χ3v) is 2.85. The molecule has 20 heavy (non-hydrogen) atoms. The van der Waals surface area contributed by atoms with Gasteiger partial charge in [0, 0.05) is 9.13 Å². The summed E-state index contributed by atoms with van der Waals surface area (Å²) in [6.45, 7) is 4.94. The van der Waals surface area contributed by atoms with Gasteiger partial charge in [-0.3, -0.25) is 0 Å². The number of carbonyl (C=O) groups excluding carboxylic acids is 1. The van der Waals surface area contributed by atoms with Gasteiger partial charge in [-0.05, 0) is 55.5 Å². The number of ether oxygens (including phenoxy) is 1. The Bertz CT molecular complexity index is 528. The summed E-state index contributed by atoms with van der Waals surface area (Å²) >= 11 is 1.91. The predicted octanol–water partition coefficient (Wildman–Crippen LogP) is 3.08. The first-order valence-corrected chi connectivity index (χ1v) is 6.85. The standard InChI is InChI=1S/C13H15FINO4/c1-13(2,3)20-12(19)16-10(11(17)18)8-5-4-7(15)6-9(8)14/h4-6,10H,1-3H3,(H,16,19)(H,17,18). The second-order valence-corrected chi connectivity index (χ2v) is 6.33. The lowest BCUT2D eigenvalue weighted by atomic mass is 10.1. The van der Waals surface area contributed by atoms with E-state index in [1.807, 2.05) is 22.6 Å². The summed E-state index contributed by atoms with van der Waals surface area (Å²) in [6, 6.07) is 2.59. The van der Waals surface area contributed by atoms with Gasteiger partial charge in [0.2, 0.25) is 0 Å². The van der Waals surface area contributed by atoms with Gasteiger partial charge >= 0.3 is 12.1 Å². The van der Waals surface area contributed by atoms with E-state index in [0.29, 0.717) is 3.57 Å². The summed E-state index contributed by atoms with van der Waals surface area (Å²) < 4.78 is 19.4. The van der Waals surface area contributed by atoms with E-state index >= 15 is 0 Å². The monoisotopic (exact) mass is 395 g/mol. The smallest absolute Gasteiger partial charge is 0.408 e. The van der Waals surface area contributed by atoms with Crippen LogP contribution in [0.25, 0.3) is 0 Å². The molecule has 110 valence electrons. The quantitative estimate of drug-likeness (QED) is 0.772. The molecule has 1 amide bonds. The maximum atomic E-state index is 13.8. The Morgan fingerprint density at radius 2 is 2.00 bits per heavy atom. The number of hydrogen-bond acceptors (Lipinski definition) is 3. The summed E-state index contributed by atoms with van der Waals surface area (Å²) in [6.07, 6.45) is -0.914. The van der Waals surface area contributed by atoms with Crippen LogP contribution >= 0.6 is 22.6 Å². The summed E-state index contributed by atoms with van der Waals surface area (Å²) in [4.78, 5) is 22.8. The highest BCUT2D eigenvalue weighted by Crippen LogP contribution is 2.20. The van der Waals surface area contributed by atoms with Gasteiger partial charge in [-0.2, -0.15) is 0 Å². The Labute approximate surface area is 129 Å². The van der Waals surface area contributed by atoms with Gasteiger partial charge in [-0.25, -0.2) is 14.0 Å². The zero-order chi connectivity index (χ0) is 15.5. The molecule has 5 nitrogen and oxygen atoms in total. The van der Waals surface area contributed by atoms with E-state index in [1.165, 1.54) is 12.1 Å². The predicted molar refractivity (Wildman–Crippen MR) is 78.9 cm³/mol. The Morgan fingerprint density at radius 3 is 2.45 bits per heavy atom. The number of halogens is 2. The van der Waals surface area contributed by atoms with Crippen molar-refractivity contribution in [3.05, 3.63) is 33.1 Å². The third kappa shape index (κ3) is 4.95. The van der Waals surface area contributed by atoms with Crippen LogP contribution in [-0.4, -0.2) is 22.8 Å². The van der Waals surface area contributed by atoms with Gasteiger partial charge in [0.05, 0.1) is 0 Å². The average molecular weight is 395 g/mol. The molecule has 1 aromatic carbocycles. The fourth-order valence-corrected chi connectivity index (χ4v) is 1.89. The highest BCUT2D eigenvalue weighted by atomic mass is 127. The number of carbonyl (C=O) groups is 2. The molecular formula is C13H15FINO4. The molecule has 1 atom stereocenters. The molecule has 1 aromatic rings. The maximum Gasteiger partial charge on any atom is 0.408 e. The molecule has 7 heteroatoms. The SMILES string of the molecule is CC(C)(C)OC(=O)NC(C(=O)O)c1ccc(I)cc1F. The van der Waals surface area contributed by atoms with Gasteiger partial charge in [-0.15, -0.1) is 0 Å². The van der Waals surface area contributed by atoms with Crippen LogP contribution in [0, 0.1) is 9.39 Å². The number of carboxylic acid groups (broad SMARTS) is 1. The Balaban J connectivity index is 2.96. The Kier molecular flexibility index (Phi) is 5.32. The number of aliphatic carboxylic acids is 1. The van der Waals surface area contributed by atoms with E-state index in [9.17, 15) is 14.0 Å². The second-order valence-electron chi connectivity index (χ2n) is 5.08. The Morgan fingerprint density at radius 1 is 1.40 bits per heavy atom.